The summed E-state index contributed by atoms with van der Waals surface area (Å²) < 4.78 is 10.3. The van der Waals surface area contributed by atoms with Crippen LogP contribution >= 0.6 is 11.6 Å². The topological polar surface area (TPSA) is 84.9 Å². The van der Waals surface area contributed by atoms with Crippen molar-refractivity contribution in [1.29, 1.82) is 0 Å². The molecule has 2 N–H and O–H groups in total. The Hall–Kier alpha value is -2.73. The number of hydrogen-bond acceptors (Lipinski definition) is 4. The smallest absolute Gasteiger partial charge is 0.305 e. The van der Waals surface area contributed by atoms with Gasteiger partial charge in [-0.25, -0.2) is 0 Å². The predicted octanol–water partition coefficient (Wildman–Crippen LogP) is 3.30. The molecule has 1 amide bonds. The van der Waals surface area contributed by atoms with Crippen molar-refractivity contribution in [3.05, 3.63) is 58.6 Å². The first-order chi connectivity index (χ1) is 11.9. The van der Waals surface area contributed by atoms with Crippen LogP contribution in [0, 0.1) is 0 Å². The molecule has 0 unspecified atom stereocenters. The lowest BCUT2D eigenvalue weighted by atomic mass is 10.0. The molecular formula is C18H18ClNO5. The van der Waals surface area contributed by atoms with Crippen LogP contribution in [-0.4, -0.2) is 31.2 Å². The summed E-state index contributed by atoms with van der Waals surface area (Å²) in [5.41, 5.74) is 0.954. The quantitative estimate of drug-likeness (QED) is 0.788. The Balaban J connectivity index is 2.27. The lowest BCUT2D eigenvalue weighted by Gasteiger charge is -2.18. The van der Waals surface area contributed by atoms with E-state index in [-0.39, 0.29) is 6.42 Å². The number of benzene rings is 2. The first-order valence-corrected chi connectivity index (χ1v) is 7.82. The Bertz CT molecular complexity index is 738. The number of carboxylic acid groups (broad SMARTS) is 1. The molecule has 1 atom stereocenters. The molecule has 2 aromatic carbocycles. The highest BCUT2D eigenvalue weighted by Crippen LogP contribution is 2.24. The van der Waals surface area contributed by atoms with Crippen LogP contribution in [0.5, 0.6) is 11.5 Å². The minimum atomic E-state index is -1.02. The summed E-state index contributed by atoms with van der Waals surface area (Å²) in [4.78, 5) is 23.7. The second kappa shape index (κ2) is 8.39. The molecule has 132 valence electrons. The van der Waals surface area contributed by atoms with E-state index in [9.17, 15) is 9.59 Å². The number of rotatable bonds is 7. The van der Waals surface area contributed by atoms with Crippen LogP contribution in [-0.2, 0) is 4.79 Å². The molecule has 7 heteroatoms. The largest absolute Gasteiger partial charge is 0.497 e. The molecular weight excluding hydrogens is 346 g/mol. The maximum absolute atomic E-state index is 12.6. The summed E-state index contributed by atoms with van der Waals surface area (Å²) in [6.07, 6.45) is -0.255. The van der Waals surface area contributed by atoms with Gasteiger partial charge in [0.1, 0.15) is 11.5 Å². The zero-order valence-corrected chi connectivity index (χ0v) is 14.5. The fraction of sp³-hybridized carbons (Fsp3) is 0.222. The van der Waals surface area contributed by atoms with Crippen LogP contribution < -0.4 is 14.8 Å². The van der Waals surface area contributed by atoms with Gasteiger partial charge < -0.3 is 19.9 Å². The number of hydrogen-bond donors (Lipinski definition) is 2. The molecule has 0 aliphatic rings. The second-order valence-corrected chi connectivity index (χ2v) is 5.71. The summed E-state index contributed by atoms with van der Waals surface area (Å²) in [6, 6.07) is 10.7. The molecule has 0 radical (unpaired) electrons. The summed E-state index contributed by atoms with van der Waals surface area (Å²) in [5.74, 6) is -0.529. The molecule has 0 aliphatic carbocycles. The molecule has 0 aliphatic heterocycles. The van der Waals surface area contributed by atoms with Gasteiger partial charge in [-0.1, -0.05) is 23.7 Å². The van der Waals surface area contributed by atoms with Crippen LogP contribution in [0.4, 0.5) is 0 Å². The van der Waals surface area contributed by atoms with Gasteiger partial charge in [0.2, 0.25) is 0 Å². The van der Waals surface area contributed by atoms with Crippen molar-refractivity contribution in [1.82, 2.24) is 5.32 Å². The van der Waals surface area contributed by atoms with Crippen molar-refractivity contribution in [3.63, 3.8) is 0 Å². The Morgan fingerprint density at radius 2 is 1.64 bits per heavy atom. The number of nitrogens with one attached hydrogen (secondary N) is 1. The standard InChI is InChI=1S/C18H18ClNO5/c1-24-14-7-12(8-15(9-14)25-2)18(23)20-16(10-17(21)22)11-3-5-13(19)6-4-11/h3-9,16H,10H2,1-2H3,(H,20,23)(H,21,22)/t16-/m1/s1. The number of halogens is 1. The third kappa shape index (κ3) is 5.12. The van der Waals surface area contributed by atoms with E-state index in [0.29, 0.717) is 27.6 Å². The number of carbonyl (C=O) groups excluding carboxylic acids is 1. The molecule has 0 aromatic heterocycles. The van der Waals surface area contributed by atoms with Crippen molar-refractivity contribution in [2.45, 2.75) is 12.5 Å². The summed E-state index contributed by atoms with van der Waals surface area (Å²) in [6.45, 7) is 0. The van der Waals surface area contributed by atoms with E-state index < -0.39 is 17.9 Å². The van der Waals surface area contributed by atoms with Crippen molar-refractivity contribution >= 4 is 23.5 Å². The lowest BCUT2D eigenvalue weighted by molar-refractivity contribution is -0.137. The fourth-order valence-electron chi connectivity index (χ4n) is 2.30. The Labute approximate surface area is 150 Å². The van der Waals surface area contributed by atoms with Crippen molar-refractivity contribution in [2.24, 2.45) is 0 Å². The van der Waals surface area contributed by atoms with Gasteiger partial charge in [0.25, 0.3) is 5.91 Å². The minimum Gasteiger partial charge on any atom is -0.497 e. The molecule has 0 spiro atoms. The van der Waals surface area contributed by atoms with E-state index in [0.717, 1.165) is 0 Å². The van der Waals surface area contributed by atoms with E-state index in [4.69, 9.17) is 26.2 Å². The van der Waals surface area contributed by atoms with Crippen LogP contribution in [0.3, 0.4) is 0 Å². The Morgan fingerprint density at radius 3 is 2.12 bits per heavy atom. The molecule has 2 rings (SSSR count). The van der Waals surface area contributed by atoms with E-state index in [1.54, 1.807) is 42.5 Å². The molecule has 2 aromatic rings. The van der Waals surface area contributed by atoms with Gasteiger partial charge in [0, 0.05) is 16.7 Å². The monoisotopic (exact) mass is 363 g/mol. The zero-order chi connectivity index (χ0) is 18.4. The summed E-state index contributed by atoms with van der Waals surface area (Å²) >= 11 is 5.86. The second-order valence-electron chi connectivity index (χ2n) is 5.28. The number of methoxy groups -OCH3 is 2. The fourth-order valence-corrected chi connectivity index (χ4v) is 2.43. The molecule has 0 bridgehead atoms. The number of aliphatic carboxylic acids is 1. The van der Waals surface area contributed by atoms with Crippen molar-refractivity contribution in [3.8, 4) is 11.5 Å². The Kier molecular flexibility index (Phi) is 6.25. The summed E-state index contributed by atoms with van der Waals surface area (Å²) in [5, 5.41) is 12.4. The number of carbonyl (C=O) groups is 2. The minimum absolute atomic E-state index is 0.255. The molecule has 0 saturated heterocycles. The van der Waals surface area contributed by atoms with Crippen LogP contribution in [0.2, 0.25) is 5.02 Å². The highest BCUT2D eigenvalue weighted by atomic mass is 35.5. The van der Waals surface area contributed by atoms with E-state index in [1.165, 1.54) is 14.2 Å². The first-order valence-electron chi connectivity index (χ1n) is 7.44. The first kappa shape index (κ1) is 18.6. The zero-order valence-electron chi connectivity index (χ0n) is 13.8. The van der Waals surface area contributed by atoms with Crippen molar-refractivity contribution < 1.29 is 24.2 Å². The third-order valence-corrected chi connectivity index (χ3v) is 3.82. The van der Waals surface area contributed by atoms with Gasteiger partial charge in [-0.05, 0) is 29.8 Å². The highest BCUT2D eigenvalue weighted by molar-refractivity contribution is 6.30. The van der Waals surface area contributed by atoms with E-state index in [1.807, 2.05) is 0 Å². The maximum atomic E-state index is 12.6. The molecule has 0 fully saturated rings. The predicted molar refractivity (Wildman–Crippen MR) is 93.5 cm³/mol. The van der Waals surface area contributed by atoms with Gasteiger partial charge in [-0.15, -0.1) is 0 Å². The van der Waals surface area contributed by atoms with E-state index in [2.05, 4.69) is 5.32 Å². The molecule has 25 heavy (non-hydrogen) atoms. The maximum Gasteiger partial charge on any atom is 0.305 e. The van der Waals surface area contributed by atoms with Crippen LogP contribution in [0.25, 0.3) is 0 Å². The lowest BCUT2D eigenvalue weighted by Crippen LogP contribution is -2.30. The highest BCUT2D eigenvalue weighted by Gasteiger charge is 2.20. The van der Waals surface area contributed by atoms with Gasteiger partial charge in [0.05, 0.1) is 26.7 Å². The van der Waals surface area contributed by atoms with Crippen LogP contribution in [0.15, 0.2) is 42.5 Å². The average Bonchev–Trinajstić information content (AvgIpc) is 2.60. The number of carboxylic acids is 1. The van der Waals surface area contributed by atoms with E-state index >= 15 is 0 Å². The normalized spacial score (nSPS) is 11.5. The molecule has 0 heterocycles. The average molecular weight is 364 g/mol. The van der Waals surface area contributed by atoms with Gasteiger partial charge >= 0.3 is 5.97 Å². The third-order valence-electron chi connectivity index (χ3n) is 3.57. The summed E-state index contributed by atoms with van der Waals surface area (Å²) in [7, 11) is 2.97. The number of amides is 1. The van der Waals surface area contributed by atoms with Gasteiger partial charge in [0.15, 0.2) is 0 Å². The molecule has 6 nitrogen and oxygen atoms in total. The van der Waals surface area contributed by atoms with Gasteiger partial charge in [-0.2, -0.15) is 0 Å². The number of ether oxygens (including phenoxy) is 2. The van der Waals surface area contributed by atoms with Crippen LogP contribution in [0.1, 0.15) is 28.4 Å². The SMILES string of the molecule is COc1cc(OC)cc(C(=O)N[C@H](CC(=O)O)c2ccc(Cl)cc2)c1. The Morgan fingerprint density at radius 1 is 1.08 bits per heavy atom. The van der Waals surface area contributed by atoms with Gasteiger partial charge in [-0.3, -0.25) is 9.59 Å². The van der Waals surface area contributed by atoms with Crippen molar-refractivity contribution in [2.75, 3.05) is 14.2 Å². The molecule has 0 saturated carbocycles.